The zero-order chi connectivity index (χ0) is 20.4. The summed E-state index contributed by atoms with van der Waals surface area (Å²) in [5.74, 6) is 0.348. The lowest BCUT2D eigenvalue weighted by Gasteiger charge is -2.26. The highest BCUT2D eigenvalue weighted by atomic mass is 35.5. The van der Waals surface area contributed by atoms with Gasteiger partial charge in [0.05, 0.1) is 11.1 Å². The number of para-hydroxylation sites is 1. The van der Waals surface area contributed by atoms with E-state index in [1.54, 1.807) is 0 Å². The highest BCUT2D eigenvalue weighted by Gasteiger charge is 2.27. The van der Waals surface area contributed by atoms with Crippen molar-refractivity contribution in [3.05, 3.63) is 64.8 Å². The van der Waals surface area contributed by atoms with Crippen molar-refractivity contribution in [2.45, 2.75) is 38.8 Å². The van der Waals surface area contributed by atoms with Crippen molar-refractivity contribution in [2.24, 2.45) is 5.92 Å². The fourth-order valence-corrected chi connectivity index (χ4v) is 4.02. The lowest BCUT2D eigenvalue weighted by atomic mass is 9.94. The zero-order valence-electron chi connectivity index (χ0n) is 16.8. The van der Waals surface area contributed by atoms with Crippen molar-refractivity contribution >= 4 is 28.4 Å². The molecule has 152 valence electrons. The van der Waals surface area contributed by atoms with E-state index < -0.39 is 5.54 Å². The van der Waals surface area contributed by atoms with Crippen LogP contribution in [0.3, 0.4) is 0 Å². The SMILES string of the molecule is CC(C)(NC(=O)c1nn(CC2CCOCC2)c2ccccc12)c1ccc(Cl)cc1. The molecule has 0 unspecified atom stereocenters. The predicted molar refractivity (Wildman–Crippen MR) is 115 cm³/mol. The first-order valence-corrected chi connectivity index (χ1v) is 10.4. The summed E-state index contributed by atoms with van der Waals surface area (Å²) in [4.78, 5) is 13.2. The number of fused-ring (bicyclic) bond motifs is 1. The molecule has 1 aromatic heterocycles. The van der Waals surface area contributed by atoms with Crippen LogP contribution >= 0.6 is 11.6 Å². The molecule has 0 bridgehead atoms. The lowest BCUT2D eigenvalue weighted by molar-refractivity contribution is 0.0604. The first-order valence-electron chi connectivity index (χ1n) is 10.1. The molecule has 1 aliphatic rings. The third kappa shape index (κ3) is 4.31. The van der Waals surface area contributed by atoms with Gasteiger partial charge in [-0.25, -0.2) is 0 Å². The molecule has 4 rings (SSSR count). The van der Waals surface area contributed by atoms with Gasteiger partial charge in [0.15, 0.2) is 5.69 Å². The summed E-state index contributed by atoms with van der Waals surface area (Å²) >= 11 is 6.00. The van der Waals surface area contributed by atoms with Gasteiger partial charge in [0, 0.05) is 30.2 Å². The molecule has 0 spiro atoms. The smallest absolute Gasteiger partial charge is 0.273 e. The number of carbonyl (C=O) groups is 1. The van der Waals surface area contributed by atoms with Crippen LogP contribution in [0.4, 0.5) is 0 Å². The number of hydrogen-bond donors (Lipinski definition) is 1. The van der Waals surface area contributed by atoms with E-state index in [9.17, 15) is 4.79 Å². The molecule has 1 saturated heterocycles. The molecule has 1 N–H and O–H groups in total. The van der Waals surface area contributed by atoms with Crippen LogP contribution in [0.1, 0.15) is 42.7 Å². The first kappa shape index (κ1) is 19.9. The Balaban J connectivity index is 1.61. The van der Waals surface area contributed by atoms with Gasteiger partial charge in [-0.1, -0.05) is 41.9 Å². The van der Waals surface area contributed by atoms with Crippen LogP contribution in [0.2, 0.25) is 5.02 Å². The Morgan fingerprint density at radius 1 is 1.17 bits per heavy atom. The molecule has 0 aliphatic carbocycles. The van der Waals surface area contributed by atoms with Crippen LogP contribution in [0.15, 0.2) is 48.5 Å². The van der Waals surface area contributed by atoms with Gasteiger partial charge in [-0.15, -0.1) is 0 Å². The van der Waals surface area contributed by atoms with E-state index in [2.05, 4.69) is 5.32 Å². The molecule has 29 heavy (non-hydrogen) atoms. The molecule has 6 heteroatoms. The van der Waals surface area contributed by atoms with Crippen molar-refractivity contribution in [1.82, 2.24) is 15.1 Å². The van der Waals surface area contributed by atoms with Gasteiger partial charge in [0.2, 0.25) is 0 Å². The lowest BCUT2D eigenvalue weighted by Crippen LogP contribution is -2.41. The second-order valence-corrected chi connectivity index (χ2v) is 8.63. The van der Waals surface area contributed by atoms with Crippen LogP contribution in [-0.4, -0.2) is 28.9 Å². The third-order valence-electron chi connectivity index (χ3n) is 5.64. The minimum atomic E-state index is -0.548. The molecule has 0 saturated carbocycles. The van der Waals surface area contributed by atoms with Crippen molar-refractivity contribution in [3.63, 3.8) is 0 Å². The van der Waals surface area contributed by atoms with E-state index in [0.717, 1.165) is 49.1 Å². The van der Waals surface area contributed by atoms with Crippen molar-refractivity contribution in [1.29, 1.82) is 0 Å². The number of hydrogen-bond acceptors (Lipinski definition) is 3. The fraction of sp³-hybridized carbons (Fsp3) is 0.391. The maximum absolute atomic E-state index is 13.2. The number of carbonyl (C=O) groups excluding carboxylic acids is 1. The van der Waals surface area contributed by atoms with E-state index in [-0.39, 0.29) is 5.91 Å². The number of nitrogens with zero attached hydrogens (tertiary/aromatic N) is 2. The molecule has 1 amide bonds. The number of benzene rings is 2. The fourth-order valence-electron chi connectivity index (χ4n) is 3.89. The van der Waals surface area contributed by atoms with Crippen molar-refractivity contribution < 1.29 is 9.53 Å². The van der Waals surface area contributed by atoms with E-state index in [0.29, 0.717) is 16.6 Å². The normalized spacial score (nSPS) is 15.6. The summed E-state index contributed by atoms with van der Waals surface area (Å²) in [7, 11) is 0. The Kier molecular flexibility index (Phi) is 5.61. The Hall–Kier alpha value is -2.37. The first-order chi connectivity index (χ1) is 13.9. The second kappa shape index (κ2) is 8.17. The van der Waals surface area contributed by atoms with E-state index >= 15 is 0 Å². The molecule has 2 aromatic carbocycles. The monoisotopic (exact) mass is 411 g/mol. The molecule has 1 aliphatic heterocycles. The van der Waals surface area contributed by atoms with Gasteiger partial charge >= 0.3 is 0 Å². The minimum absolute atomic E-state index is 0.174. The van der Waals surface area contributed by atoms with Gasteiger partial charge in [-0.05, 0) is 56.4 Å². The molecular weight excluding hydrogens is 386 g/mol. The molecule has 2 heterocycles. The molecule has 1 fully saturated rings. The number of aromatic nitrogens is 2. The molecule has 3 aromatic rings. The summed E-state index contributed by atoms with van der Waals surface area (Å²) in [6.07, 6.45) is 2.05. The average molecular weight is 412 g/mol. The average Bonchev–Trinajstić information content (AvgIpc) is 3.08. The standard InChI is InChI=1S/C23H26ClN3O2/c1-23(2,17-7-9-18(24)10-8-17)25-22(28)21-19-5-3-4-6-20(19)27(26-21)15-16-11-13-29-14-12-16/h3-10,16H,11-15H2,1-2H3,(H,25,28). The molecule has 5 nitrogen and oxygen atoms in total. The van der Waals surface area contributed by atoms with Gasteiger partial charge in [-0.3, -0.25) is 9.48 Å². The Morgan fingerprint density at radius 3 is 2.59 bits per heavy atom. The highest BCUT2D eigenvalue weighted by Crippen LogP contribution is 2.26. The van der Waals surface area contributed by atoms with E-state index in [4.69, 9.17) is 21.4 Å². The zero-order valence-corrected chi connectivity index (χ0v) is 17.6. The maximum atomic E-state index is 13.2. The number of rotatable bonds is 5. The van der Waals surface area contributed by atoms with Gasteiger partial charge in [-0.2, -0.15) is 5.10 Å². The summed E-state index contributed by atoms with van der Waals surface area (Å²) in [6.45, 7) is 6.36. The number of ether oxygens (including phenoxy) is 1. The predicted octanol–water partition coefficient (Wildman–Crippen LogP) is 4.78. The van der Waals surface area contributed by atoms with Gasteiger partial charge in [0.1, 0.15) is 0 Å². The third-order valence-corrected chi connectivity index (χ3v) is 5.89. The summed E-state index contributed by atoms with van der Waals surface area (Å²) in [5, 5.41) is 9.41. The van der Waals surface area contributed by atoms with Gasteiger partial charge in [0.25, 0.3) is 5.91 Å². The number of halogens is 1. The second-order valence-electron chi connectivity index (χ2n) is 8.19. The van der Waals surface area contributed by atoms with Crippen molar-refractivity contribution in [3.8, 4) is 0 Å². The molecule has 0 atom stereocenters. The molecular formula is C23H26ClN3O2. The van der Waals surface area contributed by atoms with Crippen LogP contribution in [0.5, 0.6) is 0 Å². The summed E-state index contributed by atoms with van der Waals surface area (Å²) in [6, 6.07) is 15.5. The van der Waals surface area contributed by atoms with Gasteiger partial charge < -0.3 is 10.1 Å². The van der Waals surface area contributed by atoms with Crippen LogP contribution in [0.25, 0.3) is 10.9 Å². The quantitative estimate of drug-likeness (QED) is 0.657. The summed E-state index contributed by atoms with van der Waals surface area (Å²) in [5.41, 5.74) is 1.90. The highest BCUT2D eigenvalue weighted by molar-refractivity contribution is 6.30. The van der Waals surface area contributed by atoms with E-state index in [1.807, 2.05) is 67.1 Å². The Bertz CT molecular complexity index is 1000. The Labute approximate surface area is 176 Å². The van der Waals surface area contributed by atoms with Crippen LogP contribution < -0.4 is 5.32 Å². The van der Waals surface area contributed by atoms with Crippen LogP contribution in [0, 0.1) is 5.92 Å². The topological polar surface area (TPSA) is 56.2 Å². The van der Waals surface area contributed by atoms with Crippen LogP contribution in [-0.2, 0) is 16.8 Å². The molecule has 0 radical (unpaired) electrons. The maximum Gasteiger partial charge on any atom is 0.273 e. The van der Waals surface area contributed by atoms with Crippen molar-refractivity contribution in [2.75, 3.05) is 13.2 Å². The van der Waals surface area contributed by atoms with E-state index in [1.165, 1.54) is 0 Å². The largest absolute Gasteiger partial charge is 0.381 e. The minimum Gasteiger partial charge on any atom is -0.381 e. The number of amides is 1. The Morgan fingerprint density at radius 2 is 1.86 bits per heavy atom. The number of nitrogens with one attached hydrogen (secondary N) is 1. The summed E-state index contributed by atoms with van der Waals surface area (Å²) < 4.78 is 7.45.